The van der Waals surface area contributed by atoms with E-state index in [1.54, 1.807) is 0 Å². The highest BCUT2D eigenvalue weighted by Crippen LogP contribution is 2.22. The van der Waals surface area contributed by atoms with Crippen LogP contribution in [-0.2, 0) is 19.4 Å². The lowest BCUT2D eigenvalue weighted by Gasteiger charge is -2.33. The molecule has 0 radical (unpaired) electrons. The molecule has 1 amide bonds. The molecule has 2 atom stereocenters. The number of rotatable bonds is 6. The molecule has 0 unspecified atom stereocenters. The van der Waals surface area contributed by atoms with Crippen molar-refractivity contribution in [2.75, 3.05) is 23.8 Å². The Morgan fingerprint density at radius 3 is 2.65 bits per heavy atom. The lowest BCUT2D eigenvalue weighted by Crippen LogP contribution is -2.48. The fraction of sp³-hybridized carbons (Fsp3) is 0.529. The maximum Gasteiger partial charge on any atom is 0.338 e. The lowest BCUT2D eigenvalue weighted by molar-refractivity contribution is -0.138. The summed E-state index contributed by atoms with van der Waals surface area (Å²) in [5.74, 6) is -1.08. The zero-order chi connectivity index (χ0) is 19.5. The molecule has 9 heteroatoms. The molecule has 2 N–H and O–H groups in total. The molecule has 1 fully saturated rings. The Hall–Kier alpha value is -1.80. The van der Waals surface area contributed by atoms with Gasteiger partial charge in [-0.05, 0) is 38.0 Å². The van der Waals surface area contributed by atoms with Crippen molar-refractivity contribution in [3.63, 3.8) is 0 Å². The largest absolute Gasteiger partial charge is 0.452 e. The van der Waals surface area contributed by atoms with Crippen LogP contribution in [0.3, 0.4) is 0 Å². The van der Waals surface area contributed by atoms with Gasteiger partial charge in [0.15, 0.2) is 16.4 Å². The Labute approximate surface area is 158 Å². The zero-order valence-corrected chi connectivity index (χ0v) is 16.3. The molecule has 0 bridgehead atoms. The van der Waals surface area contributed by atoms with E-state index in [4.69, 9.17) is 22.1 Å². The quantitative estimate of drug-likeness (QED) is 0.575. The van der Waals surface area contributed by atoms with E-state index in [0.29, 0.717) is 17.9 Å². The molecule has 1 aliphatic heterocycles. The number of sulfone groups is 1. The SMILES string of the molecule is CC[C@H](C)N(C(=O)COC(=O)c1ccc(Cl)c(N)c1)[C@H]1CCS(=O)(=O)C1. The van der Waals surface area contributed by atoms with E-state index in [2.05, 4.69) is 0 Å². The molecule has 0 spiro atoms. The van der Waals surface area contributed by atoms with Gasteiger partial charge in [-0.15, -0.1) is 0 Å². The summed E-state index contributed by atoms with van der Waals surface area (Å²) in [7, 11) is -3.13. The molecule has 2 rings (SSSR count). The zero-order valence-electron chi connectivity index (χ0n) is 14.8. The van der Waals surface area contributed by atoms with Crippen molar-refractivity contribution in [3.05, 3.63) is 28.8 Å². The van der Waals surface area contributed by atoms with Gasteiger partial charge < -0.3 is 15.4 Å². The van der Waals surface area contributed by atoms with Crippen LogP contribution in [0.15, 0.2) is 18.2 Å². The molecular weight excluding hydrogens is 380 g/mol. The number of amides is 1. The average Bonchev–Trinajstić information content (AvgIpc) is 2.94. The summed E-state index contributed by atoms with van der Waals surface area (Å²) in [6.45, 7) is 3.31. The third-order valence-corrected chi connectivity index (χ3v) is 6.61. The van der Waals surface area contributed by atoms with Crippen LogP contribution < -0.4 is 5.73 Å². The Bertz CT molecular complexity index is 796. The number of esters is 1. The average molecular weight is 403 g/mol. The summed E-state index contributed by atoms with van der Waals surface area (Å²) < 4.78 is 28.6. The number of hydrogen-bond acceptors (Lipinski definition) is 6. The van der Waals surface area contributed by atoms with Crippen LogP contribution in [0.4, 0.5) is 5.69 Å². The van der Waals surface area contributed by atoms with Gasteiger partial charge in [-0.3, -0.25) is 4.79 Å². The minimum Gasteiger partial charge on any atom is -0.452 e. The van der Waals surface area contributed by atoms with Crippen LogP contribution >= 0.6 is 11.6 Å². The first-order chi connectivity index (χ1) is 12.1. The first-order valence-corrected chi connectivity index (χ1v) is 10.6. The second-order valence-electron chi connectivity index (χ2n) is 6.43. The van der Waals surface area contributed by atoms with Gasteiger partial charge in [-0.25, -0.2) is 13.2 Å². The minimum atomic E-state index is -3.13. The summed E-state index contributed by atoms with van der Waals surface area (Å²) in [6.07, 6.45) is 1.07. The smallest absolute Gasteiger partial charge is 0.338 e. The second-order valence-corrected chi connectivity index (χ2v) is 9.06. The monoisotopic (exact) mass is 402 g/mol. The number of nitrogens with zero attached hydrogens (tertiary/aromatic N) is 1. The van der Waals surface area contributed by atoms with E-state index >= 15 is 0 Å². The fourth-order valence-electron chi connectivity index (χ4n) is 2.96. The van der Waals surface area contributed by atoms with E-state index in [1.165, 1.54) is 23.1 Å². The summed E-state index contributed by atoms with van der Waals surface area (Å²) in [5, 5.41) is 0.322. The predicted octanol–water partition coefficient (Wildman–Crippen LogP) is 1.89. The van der Waals surface area contributed by atoms with Crippen molar-refractivity contribution >= 4 is 39.0 Å². The maximum absolute atomic E-state index is 12.6. The number of benzene rings is 1. The Balaban J connectivity index is 2.04. The fourth-order valence-corrected chi connectivity index (χ4v) is 4.79. The van der Waals surface area contributed by atoms with E-state index in [9.17, 15) is 18.0 Å². The van der Waals surface area contributed by atoms with Crippen LogP contribution in [0.2, 0.25) is 5.02 Å². The third kappa shape index (κ3) is 4.88. The number of nitrogens with two attached hydrogens (primary N) is 1. The lowest BCUT2D eigenvalue weighted by atomic mass is 10.1. The predicted molar refractivity (Wildman–Crippen MR) is 99.8 cm³/mol. The van der Waals surface area contributed by atoms with Crippen molar-refractivity contribution in [2.24, 2.45) is 0 Å². The molecule has 144 valence electrons. The highest BCUT2D eigenvalue weighted by molar-refractivity contribution is 7.91. The van der Waals surface area contributed by atoms with Gasteiger partial charge >= 0.3 is 5.97 Å². The van der Waals surface area contributed by atoms with Crippen LogP contribution in [0.1, 0.15) is 37.0 Å². The number of carbonyl (C=O) groups excluding carboxylic acids is 2. The van der Waals surface area contributed by atoms with E-state index in [1.807, 2.05) is 13.8 Å². The minimum absolute atomic E-state index is 0.0508. The van der Waals surface area contributed by atoms with Crippen molar-refractivity contribution < 1.29 is 22.7 Å². The number of nitrogen functional groups attached to an aromatic ring is 1. The van der Waals surface area contributed by atoms with Crippen molar-refractivity contribution in [1.29, 1.82) is 0 Å². The van der Waals surface area contributed by atoms with Gasteiger partial charge in [0, 0.05) is 12.1 Å². The first-order valence-electron chi connectivity index (χ1n) is 8.38. The molecule has 1 saturated heterocycles. The summed E-state index contributed by atoms with van der Waals surface area (Å²) in [6, 6.07) is 3.79. The van der Waals surface area contributed by atoms with E-state index in [-0.39, 0.29) is 34.8 Å². The Morgan fingerprint density at radius 2 is 2.12 bits per heavy atom. The highest BCUT2D eigenvalue weighted by Gasteiger charge is 2.36. The van der Waals surface area contributed by atoms with Gasteiger partial charge in [0.05, 0.1) is 27.8 Å². The third-order valence-electron chi connectivity index (χ3n) is 4.51. The molecule has 1 aliphatic rings. The number of carbonyl (C=O) groups is 2. The molecule has 1 aromatic rings. The summed E-state index contributed by atoms with van der Waals surface area (Å²) in [4.78, 5) is 26.3. The molecule has 7 nitrogen and oxygen atoms in total. The summed E-state index contributed by atoms with van der Waals surface area (Å²) in [5.41, 5.74) is 6.09. The van der Waals surface area contributed by atoms with Crippen LogP contribution in [0, 0.1) is 0 Å². The van der Waals surface area contributed by atoms with Crippen molar-refractivity contribution in [2.45, 2.75) is 38.8 Å². The molecule has 26 heavy (non-hydrogen) atoms. The van der Waals surface area contributed by atoms with Crippen LogP contribution in [0.25, 0.3) is 0 Å². The van der Waals surface area contributed by atoms with Crippen LogP contribution in [0.5, 0.6) is 0 Å². The summed E-state index contributed by atoms with van der Waals surface area (Å²) >= 11 is 5.81. The maximum atomic E-state index is 12.6. The van der Waals surface area contributed by atoms with Gasteiger partial charge in [0.1, 0.15) is 0 Å². The van der Waals surface area contributed by atoms with Crippen molar-refractivity contribution in [1.82, 2.24) is 4.90 Å². The number of anilines is 1. The molecule has 1 aromatic carbocycles. The Kier molecular flexibility index (Phi) is 6.52. The number of ether oxygens (including phenoxy) is 1. The standard InChI is InChI=1S/C17H23ClN2O5S/c1-3-11(2)20(13-6-7-26(23,24)10-13)16(21)9-25-17(22)12-4-5-14(18)15(19)8-12/h4-5,8,11,13H,3,6-7,9-10,19H2,1-2H3/t11-,13-/m0/s1. The van der Waals surface area contributed by atoms with Crippen LogP contribution in [-0.4, -0.2) is 55.4 Å². The first kappa shape index (κ1) is 20.5. The van der Waals surface area contributed by atoms with Crippen molar-refractivity contribution in [3.8, 4) is 0 Å². The highest BCUT2D eigenvalue weighted by atomic mass is 35.5. The van der Waals surface area contributed by atoms with E-state index in [0.717, 1.165) is 0 Å². The van der Waals surface area contributed by atoms with Gasteiger partial charge in [0.2, 0.25) is 0 Å². The number of hydrogen-bond donors (Lipinski definition) is 1. The number of halogens is 1. The molecule has 1 heterocycles. The molecule has 0 saturated carbocycles. The van der Waals surface area contributed by atoms with E-state index < -0.39 is 28.3 Å². The van der Waals surface area contributed by atoms with Gasteiger partial charge in [-0.1, -0.05) is 18.5 Å². The molecular formula is C17H23ClN2O5S. The topological polar surface area (TPSA) is 107 Å². The second kappa shape index (κ2) is 8.26. The van der Waals surface area contributed by atoms with Gasteiger partial charge in [-0.2, -0.15) is 0 Å². The van der Waals surface area contributed by atoms with Gasteiger partial charge in [0.25, 0.3) is 5.91 Å². The Morgan fingerprint density at radius 1 is 1.42 bits per heavy atom. The normalized spacial score (nSPS) is 19.7. The molecule has 0 aliphatic carbocycles. The molecule has 0 aromatic heterocycles.